The second-order valence-corrected chi connectivity index (χ2v) is 8.82. The molecule has 1 saturated heterocycles. The quantitative estimate of drug-likeness (QED) is 0.681. The minimum absolute atomic E-state index is 0.0425. The molecule has 1 fully saturated rings. The Morgan fingerprint density at radius 3 is 2.28 bits per heavy atom. The summed E-state index contributed by atoms with van der Waals surface area (Å²) in [6.45, 7) is 8.91. The van der Waals surface area contributed by atoms with E-state index < -0.39 is 0 Å². The van der Waals surface area contributed by atoms with E-state index in [1.165, 1.54) is 11.1 Å². The lowest BCUT2D eigenvalue weighted by atomic mass is 9.97. The van der Waals surface area contributed by atoms with Gasteiger partial charge in [0, 0.05) is 38.8 Å². The van der Waals surface area contributed by atoms with Crippen LogP contribution in [0.3, 0.4) is 0 Å². The van der Waals surface area contributed by atoms with Gasteiger partial charge in [0.25, 0.3) is 0 Å². The molecule has 0 radical (unpaired) electrons. The van der Waals surface area contributed by atoms with Crippen molar-refractivity contribution in [2.45, 2.75) is 45.9 Å². The monoisotopic (exact) mass is 431 g/mol. The van der Waals surface area contributed by atoms with Gasteiger partial charge in [0.05, 0.1) is 23.2 Å². The molecule has 2 atom stereocenters. The number of amides is 1. The second kappa shape index (κ2) is 8.39. The fourth-order valence-electron chi connectivity index (χ4n) is 4.85. The van der Waals surface area contributed by atoms with E-state index in [-0.39, 0.29) is 18.1 Å². The predicted molar refractivity (Wildman–Crippen MR) is 127 cm³/mol. The average molecular weight is 432 g/mol. The number of hydrogen-bond donors (Lipinski definition) is 1. The van der Waals surface area contributed by atoms with Crippen molar-refractivity contribution in [2.75, 3.05) is 34.8 Å². The molecule has 2 unspecified atom stereocenters. The average Bonchev–Trinajstić information content (AvgIpc) is 2.77. The third-order valence-electron chi connectivity index (χ3n) is 6.13. The summed E-state index contributed by atoms with van der Waals surface area (Å²) in [6.07, 6.45) is 1.12. The molecule has 0 spiro atoms. The summed E-state index contributed by atoms with van der Waals surface area (Å²) in [5, 5.41) is 2.98. The van der Waals surface area contributed by atoms with Crippen molar-refractivity contribution in [3.05, 3.63) is 53.6 Å². The van der Waals surface area contributed by atoms with E-state index in [4.69, 9.17) is 14.7 Å². The topological polar surface area (TPSA) is 70.6 Å². The largest absolute Gasteiger partial charge is 0.372 e. The molecule has 3 aromatic rings. The highest BCUT2D eigenvalue weighted by Crippen LogP contribution is 2.35. The molecule has 7 heteroatoms. The number of rotatable bonds is 3. The number of nitrogens with one attached hydrogen (secondary N) is 1. The van der Waals surface area contributed by atoms with Gasteiger partial charge in [-0.25, -0.2) is 9.97 Å². The van der Waals surface area contributed by atoms with E-state index in [9.17, 15) is 4.79 Å². The van der Waals surface area contributed by atoms with Gasteiger partial charge in [-0.2, -0.15) is 0 Å². The Labute approximate surface area is 188 Å². The van der Waals surface area contributed by atoms with Crippen LogP contribution < -0.4 is 15.1 Å². The summed E-state index contributed by atoms with van der Waals surface area (Å²) in [5.41, 5.74) is 5.15. The van der Waals surface area contributed by atoms with Crippen molar-refractivity contribution >= 4 is 34.3 Å². The van der Waals surface area contributed by atoms with Gasteiger partial charge in [0.2, 0.25) is 5.91 Å². The molecule has 1 aromatic heterocycles. The first-order chi connectivity index (χ1) is 15.5. The van der Waals surface area contributed by atoms with E-state index in [1.54, 1.807) is 6.92 Å². The molecular weight excluding hydrogens is 402 g/mol. The summed E-state index contributed by atoms with van der Waals surface area (Å²) in [7, 11) is 0. The highest BCUT2D eigenvalue weighted by atomic mass is 16.5. The van der Waals surface area contributed by atoms with Gasteiger partial charge in [0.1, 0.15) is 0 Å². The number of carbonyl (C=O) groups excluding carboxylic acids is 1. The first kappa shape index (κ1) is 20.7. The number of para-hydroxylation sites is 2. The van der Waals surface area contributed by atoms with Crippen LogP contribution in [0.15, 0.2) is 42.5 Å². The molecule has 0 aliphatic carbocycles. The van der Waals surface area contributed by atoms with Crippen LogP contribution in [0, 0.1) is 0 Å². The zero-order valence-corrected chi connectivity index (χ0v) is 18.8. The third-order valence-corrected chi connectivity index (χ3v) is 6.13. The third kappa shape index (κ3) is 4.00. The number of hydrogen-bond acceptors (Lipinski definition) is 6. The summed E-state index contributed by atoms with van der Waals surface area (Å²) in [4.78, 5) is 26.4. The van der Waals surface area contributed by atoms with E-state index in [0.29, 0.717) is 0 Å². The van der Waals surface area contributed by atoms with Gasteiger partial charge in [-0.1, -0.05) is 24.3 Å². The molecule has 2 aliphatic heterocycles. The van der Waals surface area contributed by atoms with Crippen molar-refractivity contribution in [1.82, 2.24) is 9.97 Å². The van der Waals surface area contributed by atoms with E-state index in [1.807, 2.05) is 36.4 Å². The number of anilines is 3. The number of aromatic nitrogens is 2. The lowest BCUT2D eigenvalue weighted by molar-refractivity contribution is -0.114. The molecule has 32 heavy (non-hydrogen) atoms. The van der Waals surface area contributed by atoms with Gasteiger partial charge >= 0.3 is 0 Å². The zero-order chi connectivity index (χ0) is 22.2. The molecule has 5 rings (SSSR count). The molecule has 2 aliphatic rings. The predicted octanol–water partition coefficient (Wildman–Crippen LogP) is 3.76. The lowest BCUT2D eigenvalue weighted by Gasteiger charge is -2.39. The van der Waals surface area contributed by atoms with Crippen LogP contribution in [0.2, 0.25) is 0 Å². The standard InChI is InChI=1S/C25H29N5O2/c1-16-13-30(14-17(2)32-16)25-24(27-22-8-4-5-9-23(22)28-25)29-12-11-20-19(15-29)7-6-10-21(20)26-18(3)31/h4-10,16-17H,11-15H2,1-3H3,(H,26,31). The van der Waals surface area contributed by atoms with Gasteiger partial charge < -0.3 is 19.9 Å². The Hall–Kier alpha value is -3.19. The SMILES string of the molecule is CC(=O)Nc1cccc2c1CCN(c1nc3ccccc3nc1N1CC(C)OC(C)C1)C2. The van der Waals surface area contributed by atoms with Crippen LogP contribution in [-0.2, 0) is 22.5 Å². The van der Waals surface area contributed by atoms with Crippen molar-refractivity contribution in [2.24, 2.45) is 0 Å². The van der Waals surface area contributed by atoms with E-state index >= 15 is 0 Å². The number of nitrogens with zero attached hydrogens (tertiary/aromatic N) is 4. The summed E-state index contributed by atoms with van der Waals surface area (Å²) in [6, 6.07) is 14.2. The van der Waals surface area contributed by atoms with Gasteiger partial charge in [-0.15, -0.1) is 0 Å². The van der Waals surface area contributed by atoms with Crippen molar-refractivity contribution in [1.29, 1.82) is 0 Å². The smallest absolute Gasteiger partial charge is 0.221 e. The Bertz CT molecular complexity index is 1150. The van der Waals surface area contributed by atoms with Crippen LogP contribution in [0.4, 0.5) is 17.3 Å². The lowest BCUT2D eigenvalue weighted by Crippen LogP contribution is -2.46. The number of ether oxygens (including phenoxy) is 1. The number of fused-ring (bicyclic) bond motifs is 2. The maximum atomic E-state index is 11.6. The fraction of sp³-hybridized carbons (Fsp3) is 0.400. The van der Waals surface area contributed by atoms with Crippen LogP contribution in [0.1, 0.15) is 31.9 Å². The summed E-state index contributed by atoms with van der Waals surface area (Å²) >= 11 is 0. The Morgan fingerprint density at radius 1 is 0.969 bits per heavy atom. The maximum Gasteiger partial charge on any atom is 0.221 e. The zero-order valence-electron chi connectivity index (χ0n) is 18.8. The molecule has 1 N–H and O–H groups in total. The summed E-state index contributed by atoms with van der Waals surface area (Å²) < 4.78 is 5.96. The van der Waals surface area contributed by atoms with Crippen molar-refractivity contribution in [3.8, 4) is 0 Å². The molecule has 2 aromatic carbocycles. The molecule has 0 saturated carbocycles. The molecule has 7 nitrogen and oxygen atoms in total. The minimum atomic E-state index is -0.0425. The number of morpholine rings is 1. The first-order valence-electron chi connectivity index (χ1n) is 11.3. The van der Waals surface area contributed by atoms with E-state index in [2.05, 4.69) is 35.0 Å². The normalized spacial score (nSPS) is 20.8. The first-order valence-corrected chi connectivity index (χ1v) is 11.3. The van der Waals surface area contributed by atoms with Crippen molar-refractivity contribution < 1.29 is 9.53 Å². The maximum absolute atomic E-state index is 11.6. The van der Waals surface area contributed by atoms with Crippen LogP contribution in [0.5, 0.6) is 0 Å². The van der Waals surface area contributed by atoms with Crippen LogP contribution in [0.25, 0.3) is 11.0 Å². The Kier molecular flexibility index (Phi) is 5.43. The van der Waals surface area contributed by atoms with Crippen LogP contribution >= 0.6 is 0 Å². The van der Waals surface area contributed by atoms with Crippen LogP contribution in [-0.4, -0.2) is 47.7 Å². The number of carbonyl (C=O) groups is 1. The molecule has 0 bridgehead atoms. The minimum Gasteiger partial charge on any atom is -0.372 e. The molecule has 3 heterocycles. The molecular formula is C25H29N5O2. The van der Waals surface area contributed by atoms with Gasteiger partial charge in [-0.3, -0.25) is 4.79 Å². The Morgan fingerprint density at radius 2 is 1.62 bits per heavy atom. The van der Waals surface area contributed by atoms with E-state index in [0.717, 1.165) is 61.0 Å². The molecule has 166 valence electrons. The number of benzene rings is 2. The van der Waals surface area contributed by atoms with Gasteiger partial charge in [0.15, 0.2) is 11.6 Å². The highest BCUT2D eigenvalue weighted by Gasteiger charge is 2.29. The summed E-state index contributed by atoms with van der Waals surface area (Å²) in [5.74, 6) is 1.80. The van der Waals surface area contributed by atoms with Crippen molar-refractivity contribution in [3.63, 3.8) is 0 Å². The van der Waals surface area contributed by atoms with Gasteiger partial charge in [-0.05, 0) is 49.6 Å². The highest BCUT2D eigenvalue weighted by molar-refractivity contribution is 5.90. The molecule has 1 amide bonds. The Balaban J connectivity index is 1.54. The second-order valence-electron chi connectivity index (χ2n) is 8.82. The fourth-order valence-corrected chi connectivity index (χ4v) is 4.85.